The average molecular weight is 298 g/mol. The molecule has 0 spiro atoms. The summed E-state index contributed by atoms with van der Waals surface area (Å²) in [6.07, 6.45) is 5.78. The minimum atomic E-state index is -0.687. The molecule has 22 heavy (non-hydrogen) atoms. The molecule has 0 aromatic carbocycles. The third kappa shape index (κ3) is 2.03. The Kier molecular flexibility index (Phi) is 3.31. The number of carbonyl (C=O) groups is 2. The fourth-order valence-electron chi connectivity index (χ4n) is 2.85. The Bertz CT molecular complexity index is 748. The summed E-state index contributed by atoms with van der Waals surface area (Å²) >= 11 is 0. The monoisotopic (exact) mass is 298 g/mol. The van der Waals surface area contributed by atoms with E-state index < -0.39 is 5.41 Å². The van der Waals surface area contributed by atoms with Crippen LogP contribution in [0, 0.1) is 0 Å². The van der Waals surface area contributed by atoms with Crippen LogP contribution < -0.4 is 4.90 Å². The van der Waals surface area contributed by atoms with Gasteiger partial charge in [0.1, 0.15) is 0 Å². The van der Waals surface area contributed by atoms with Crippen LogP contribution in [0.25, 0.3) is 0 Å². The Morgan fingerprint density at radius 3 is 2.77 bits per heavy atom. The average Bonchev–Trinajstić information content (AvgIpc) is 3.04. The summed E-state index contributed by atoms with van der Waals surface area (Å²) in [5.41, 5.74) is 2.16. The SMILES string of the molecule is CCn1cncc1CN1C(=O)C(C)(C)c2ncc(C=O)cc21. The van der Waals surface area contributed by atoms with Crippen LogP contribution >= 0.6 is 0 Å². The van der Waals surface area contributed by atoms with Gasteiger partial charge in [0.15, 0.2) is 6.29 Å². The van der Waals surface area contributed by atoms with E-state index in [-0.39, 0.29) is 5.91 Å². The normalized spacial score (nSPS) is 16.0. The first-order chi connectivity index (χ1) is 10.5. The first-order valence-electron chi connectivity index (χ1n) is 7.25. The summed E-state index contributed by atoms with van der Waals surface area (Å²) in [6, 6.07) is 1.73. The Labute approximate surface area is 128 Å². The molecule has 6 nitrogen and oxygen atoms in total. The fraction of sp³-hybridized carbons (Fsp3) is 0.375. The van der Waals surface area contributed by atoms with Gasteiger partial charge in [0.25, 0.3) is 0 Å². The number of aryl methyl sites for hydroxylation is 1. The quantitative estimate of drug-likeness (QED) is 0.809. The molecule has 114 valence electrons. The van der Waals surface area contributed by atoms with Gasteiger partial charge in [-0.2, -0.15) is 0 Å². The third-order valence-corrected chi connectivity index (χ3v) is 4.15. The maximum absolute atomic E-state index is 12.8. The number of aldehydes is 1. The summed E-state index contributed by atoms with van der Waals surface area (Å²) in [7, 11) is 0. The molecule has 2 aromatic heterocycles. The maximum atomic E-state index is 12.8. The van der Waals surface area contributed by atoms with Crippen molar-refractivity contribution in [3.63, 3.8) is 0 Å². The lowest BCUT2D eigenvalue weighted by molar-refractivity contribution is -0.122. The smallest absolute Gasteiger partial charge is 0.239 e. The number of amides is 1. The highest BCUT2D eigenvalue weighted by Crippen LogP contribution is 2.41. The van der Waals surface area contributed by atoms with Gasteiger partial charge in [0, 0.05) is 24.5 Å². The second-order valence-electron chi connectivity index (χ2n) is 5.94. The largest absolute Gasteiger partial charge is 0.333 e. The zero-order valence-electron chi connectivity index (χ0n) is 12.9. The number of fused-ring (bicyclic) bond motifs is 1. The summed E-state index contributed by atoms with van der Waals surface area (Å²) in [4.78, 5) is 34.0. The molecule has 2 aromatic rings. The molecule has 0 fully saturated rings. The summed E-state index contributed by atoms with van der Waals surface area (Å²) < 4.78 is 2.00. The summed E-state index contributed by atoms with van der Waals surface area (Å²) in [6.45, 7) is 6.96. The number of hydrogen-bond acceptors (Lipinski definition) is 4. The first-order valence-corrected chi connectivity index (χ1v) is 7.25. The van der Waals surface area contributed by atoms with Crippen molar-refractivity contribution in [1.29, 1.82) is 0 Å². The van der Waals surface area contributed by atoms with Gasteiger partial charge in [0.05, 0.1) is 35.4 Å². The number of anilines is 1. The zero-order valence-corrected chi connectivity index (χ0v) is 12.9. The lowest BCUT2D eigenvalue weighted by Crippen LogP contribution is -2.36. The molecular formula is C16H18N4O2. The zero-order chi connectivity index (χ0) is 15.9. The molecule has 3 heterocycles. The Morgan fingerprint density at radius 1 is 1.32 bits per heavy atom. The first kappa shape index (κ1) is 14.4. The molecule has 3 rings (SSSR count). The van der Waals surface area contributed by atoms with Crippen molar-refractivity contribution in [2.45, 2.75) is 39.3 Å². The number of carbonyl (C=O) groups excluding carboxylic acids is 2. The van der Waals surface area contributed by atoms with E-state index in [1.807, 2.05) is 25.3 Å². The Hall–Kier alpha value is -2.50. The molecule has 0 saturated carbocycles. The molecular weight excluding hydrogens is 280 g/mol. The van der Waals surface area contributed by atoms with Gasteiger partial charge in [0.2, 0.25) is 5.91 Å². The van der Waals surface area contributed by atoms with Crippen molar-refractivity contribution < 1.29 is 9.59 Å². The number of nitrogens with zero attached hydrogens (tertiary/aromatic N) is 4. The van der Waals surface area contributed by atoms with E-state index in [0.717, 1.165) is 18.5 Å². The van der Waals surface area contributed by atoms with Crippen LogP contribution in [0.1, 0.15) is 42.5 Å². The molecule has 0 bridgehead atoms. The van der Waals surface area contributed by atoms with E-state index in [4.69, 9.17) is 0 Å². The molecule has 0 N–H and O–H groups in total. The lowest BCUT2D eigenvalue weighted by atomic mass is 9.90. The number of hydrogen-bond donors (Lipinski definition) is 0. The van der Waals surface area contributed by atoms with Crippen molar-refractivity contribution in [3.05, 3.63) is 41.7 Å². The van der Waals surface area contributed by atoms with Gasteiger partial charge < -0.3 is 9.47 Å². The predicted molar refractivity (Wildman–Crippen MR) is 81.7 cm³/mol. The topological polar surface area (TPSA) is 68.1 Å². The van der Waals surface area contributed by atoms with Crippen LogP contribution in [0.5, 0.6) is 0 Å². The van der Waals surface area contributed by atoms with Crippen LogP contribution in [0.3, 0.4) is 0 Å². The van der Waals surface area contributed by atoms with Gasteiger partial charge >= 0.3 is 0 Å². The van der Waals surface area contributed by atoms with Crippen molar-refractivity contribution >= 4 is 17.9 Å². The summed E-state index contributed by atoms with van der Waals surface area (Å²) in [5.74, 6) is -0.0121. The molecule has 0 aliphatic carbocycles. The van der Waals surface area contributed by atoms with Gasteiger partial charge in [-0.1, -0.05) is 0 Å². The van der Waals surface area contributed by atoms with Crippen molar-refractivity contribution in [2.24, 2.45) is 0 Å². The molecule has 0 saturated heterocycles. The van der Waals surface area contributed by atoms with Gasteiger partial charge in [-0.15, -0.1) is 0 Å². The van der Waals surface area contributed by atoms with Crippen molar-refractivity contribution in [3.8, 4) is 0 Å². The fourth-order valence-corrected chi connectivity index (χ4v) is 2.85. The number of aromatic nitrogens is 3. The molecule has 1 amide bonds. The predicted octanol–water partition coefficient (Wildman–Crippen LogP) is 1.93. The molecule has 6 heteroatoms. The minimum absolute atomic E-state index is 0.0121. The highest BCUT2D eigenvalue weighted by atomic mass is 16.2. The van der Waals surface area contributed by atoms with Crippen LogP contribution in [-0.2, 0) is 23.3 Å². The van der Waals surface area contributed by atoms with Crippen molar-refractivity contribution in [1.82, 2.24) is 14.5 Å². The van der Waals surface area contributed by atoms with E-state index in [1.165, 1.54) is 6.20 Å². The van der Waals surface area contributed by atoms with Gasteiger partial charge in [-0.3, -0.25) is 14.6 Å². The molecule has 1 aliphatic heterocycles. The maximum Gasteiger partial charge on any atom is 0.239 e. The highest BCUT2D eigenvalue weighted by Gasteiger charge is 2.45. The Morgan fingerprint density at radius 2 is 2.09 bits per heavy atom. The third-order valence-electron chi connectivity index (χ3n) is 4.15. The van der Waals surface area contributed by atoms with Crippen LogP contribution in [-0.4, -0.2) is 26.7 Å². The molecule has 0 atom stereocenters. The Balaban J connectivity index is 2.06. The number of rotatable bonds is 4. The van der Waals surface area contributed by atoms with Crippen LogP contribution in [0.2, 0.25) is 0 Å². The number of pyridine rings is 1. The van der Waals surface area contributed by atoms with Gasteiger partial charge in [-0.05, 0) is 26.8 Å². The van der Waals surface area contributed by atoms with E-state index >= 15 is 0 Å². The second kappa shape index (κ2) is 5.05. The molecule has 0 unspecified atom stereocenters. The number of imidazole rings is 1. The molecule has 0 radical (unpaired) electrons. The van der Waals surface area contributed by atoms with Crippen molar-refractivity contribution in [2.75, 3.05) is 4.90 Å². The molecule has 1 aliphatic rings. The highest BCUT2D eigenvalue weighted by molar-refractivity contribution is 6.07. The second-order valence-corrected chi connectivity index (χ2v) is 5.94. The summed E-state index contributed by atoms with van der Waals surface area (Å²) in [5, 5.41) is 0. The minimum Gasteiger partial charge on any atom is -0.333 e. The van der Waals surface area contributed by atoms with E-state index in [1.54, 1.807) is 23.5 Å². The van der Waals surface area contributed by atoms with Gasteiger partial charge in [-0.25, -0.2) is 4.98 Å². The van der Waals surface area contributed by atoms with Crippen LogP contribution in [0.4, 0.5) is 5.69 Å². The lowest BCUT2D eigenvalue weighted by Gasteiger charge is -2.20. The standard InChI is InChI=1S/C16H18N4O2/c1-4-19-10-17-7-12(19)8-20-13-5-11(9-21)6-18-14(13)16(2,3)15(20)22/h5-7,9-10H,4,8H2,1-3H3. The van der Waals surface area contributed by atoms with E-state index in [0.29, 0.717) is 23.5 Å². The van der Waals surface area contributed by atoms with E-state index in [2.05, 4.69) is 9.97 Å². The van der Waals surface area contributed by atoms with Crippen LogP contribution in [0.15, 0.2) is 24.8 Å². The van der Waals surface area contributed by atoms with E-state index in [9.17, 15) is 9.59 Å².